The minimum absolute atomic E-state index is 0.106. The van der Waals surface area contributed by atoms with Crippen LogP contribution in [0.25, 0.3) is 0 Å². The summed E-state index contributed by atoms with van der Waals surface area (Å²) in [4.78, 5) is 10.5. The number of carboxylic acids is 1. The zero-order chi connectivity index (χ0) is 12.3. The van der Waals surface area contributed by atoms with Gasteiger partial charge in [0.25, 0.3) is 0 Å². The number of carboxylic acid groups (broad SMARTS) is 1. The molecule has 16 heavy (non-hydrogen) atoms. The summed E-state index contributed by atoms with van der Waals surface area (Å²) < 4.78 is 17.7. The third-order valence-corrected chi connectivity index (χ3v) is 2.06. The van der Waals surface area contributed by atoms with Crippen LogP contribution in [0.4, 0.5) is 4.39 Å². The minimum Gasteiger partial charge on any atom is -0.496 e. The molecule has 0 aliphatic heterocycles. The van der Waals surface area contributed by atoms with Crippen LogP contribution in [-0.2, 0) is 4.79 Å². The summed E-state index contributed by atoms with van der Waals surface area (Å²) in [6, 6.07) is 3.25. The van der Waals surface area contributed by atoms with E-state index < -0.39 is 24.0 Å². The Morgan fingerprint density at radius 1 is 1.44 bits per heavy atom. The van der Waals surface area contributed by atoms with Crippen LogP contribution in [0.5, 0.6) is 5.75 Å². The second-order valence-corrected chi connectivity index (χ2v) is 3.11. The largest absolute Gasteiger partial charge is 0.496 e. The van der Waals surface area contributed by atoms with Gasteiger partial charge in [-0.15, -0.1) is 0 Å². The maximum Gasteiger partial charge on any atom is 0.335 e. The molecule has 1 aromatic rings. The highest BCUT2D eigenvalue weighted by atomic mass is 19.1. The van der Waals surface area contributed by atoms with E-state index in [0.29, 0.717) is 0 Å². The Morgan fingerprint density at radius 3 is 2.56 bits per heavy atom. The highest BCUT2D eigenvalue weighted by Crippen LogP contribution is 2.28. The Hall–Kier alpha value is -1.66. The molecule has 1 aromatic carbocycles. The van der Waals surface area contributed by atoms with Gasteiger partial charge in [-0.2, -0.15) is 0 Å². The van der Waals surface area contributed by atoms with E-state index in [9.17, 15) is 14.3 Å². The predicted octanol–water partition coefficient (Wildman–Crippen LogP) is 0.313. The Bertz CT molecular complexity index is 393. The lowest BCUT2D eigenvalue weighted by molar-refractivity contribution is -0.153. The van der Waals surface area contributed by atoms with Gasteiger partial charge in [-0.05, 0) is 18.2 Å². The van der Waals surface area contributed by atoms with Gasteiger partial charge in [0, 0.05) is 5.56 Å². The van der Waals surface area contributed by atoms with Crippen LogP contribution in [0.2, 0.25) is 0 Å². The smallest absolute Gasteiger partial charge is 0.335 e. The number of aliphatic hydroxyl groups is 2. The lowest BCUT2D eigenvalue weighted by Gasteiger charge is -2.17. The standard InChI is InChI=1S/C10H11FO5/c1-16-7-3-2-5(11)4-6(7)8(12)9(13)10(14)15/h2-4,8-9,12-13H,1H3,(H,14,15). The summed E-state index contributed by atoms with van der Waals surface area (Å²) in [6.45, 7) is 0. The van der Waals surface area contributed by atoms with Crippen molar-refractivity contribution >= 4 is 5.97 Å². The van der Waals surface area contributed by atoms with E-state index in [2.05, 4.69) is 0 Å². The van der Waals surface area contributed by atoms with E-state index in [1.807, 2.05) is 0 Å². The first-order valence-corrected chi connectivity index (χ1v) is 4.39. The molecule has 0 radical (unpaired) electrons. The van der Waals surface area contributed by atoms with Gasteiger partial charge in [-0.1, -0.05) is 0 Å². The zero-order valence-electron chi connectivity index (χ0n) is 8.42. The second-order valence-electron chi connectivity index (χ2n) is 3.11. The monoisotopic (exact) mass is 230 g/mol. The molecule has 0 aliphatic rings. The number of aliphatic carboxylic acids is 1. The average molecular weight is 230 g/mol. The highest BCUT2D eigenvalue weighted by Gasteiger charge is 2.27. The molecule has 0 saturated carbocycles. The maximum absolute atomic E-state index is 12.9. The molecule has 2 atom stereocenters. The number of aliphatic hydroxyl groups excluding tert-OH is 2. The molecule has 0 aliphatic carbocycles. The van der Waals surface area contributed by atoms with Crippen molar-refractivity contribution < 1.29 is 29.2 Å². The number of carbonyl (C=O) groups is 1. The third kappa shape index (κ3) is 2.47. The molecule has 0 saturated heterocycles. The molecule has 0 spiro atoms. The second kappa shape index (κ2) is 4.91. The fourth-order valence-corrected chi connectivity index (χ4v) is 1.24. The van der Waals surface area contributed by atoms with Crippen molar-refractivity contribution in [2.75, 3.05) is 7.11 Å². The predicted molar refractivity (Wildman–Crippen MR) is 51.6 cm³/mol. The first-order valence-electron chi connectivity index (χ1n) is 4.39. The van der Waals surface area contributed by atoms with Gasteiger partial charge in [0.2, 0.25) is 0 Å². The molecule has 0 bridgehead atoms. The highest BCUT2D eigenvalue weighted by molar-refractivity contribution is 5.73. The molecule has 3 N–H and O–H groups in total. The van der Waals surface area contributed by atoms with Crippen LogP contribution < -0.4 is 4.74 Å². The Balaban J connectivity index is 3.10. The first kappa shape index (κ1) is 12.4. The fourth-order valence-electron chi connectivity index (χ4n) is 1.24. The summed E-state index contributed by atoms with van der Waals surface area (Å²) in [5, 5.41) is 27.2. The van der Waals surface area contributed by atoms with Gasteiger partial charge in [0.05, 0.1) is 7.11 Å². The van der Waals surface area contributed by atoms with Crippen LogP contribution in [0.3, 0.4) is 0 Å². The van der Waals surface area contributed by atoms with Crippen molar-refractivity contribution in [3.8, 4) is 5.75 Å². The van der Waals surface area contributed by atoms with Crippen LogP contribution >= 0.6 is 0 Å². The topological polar surface area (TPSA) is 87.0 Å². The van der Waals surface area contributed by atoms with Gasteiger partial charge in [-0.3, -0.25) is 0 Å². The fraction of sp³-hybridized carbons (Fsp3) is 0.300. The molecule has 0 aromatic heterocycles. The number of rotatable bonds is 4. The average Bonchev–Trinajstić information content (AvgIpc) is 2.26. The quantitative estimate of drug-likeness (QED) is 0.693. The van der Waals surface area contributed by atoms with Crippen molar-refractivity contribution in [2.24, 2.45) is 0 Å². The molecule has 2 unspecified atom stereocenters. The van der Waals surface area contributed by atoms with Gasteiger partial charge >= 0.3 is 5.97 Å². The molecular formula is C10H11FO5. The summed E-state index contributed by atoms with van der Waals surface area (Å²) in [6.07, 6.45) is -3.78. The van der Waals surface area contributed by atoms with E-state index in [0.717, 1.165) is 12.1 Å². The molecular weight excluding hydrogens is 219 g/mol. The SMILES string of the molecule is COc1ccc(F)cc1C(O)C(O)C(=O)O. The van der Waals surface area contributed by atoms with Crippen LogP contribution in [0, 0.1) is 5.82 Å². The Labute approximate surface area is 90.7 Å². The number of methoxy groups -OCH3 is 1. The zero-order valence-corrected chi connectivity index (χ0v) is 8.42. The molecule has 88 valence electrons. The van der Waals surface area contributed by atoms with Crippen LogP contribution in [0.15, 0.2) is 18.2 Å². The van der Waals surface area contributed by atoms with E-state index >= 15 is 0 Å². The summed E-state index contributed by atoms with van der Waals surface area (Å²) >= 11 is 0. The van der Waals surface area contributed by atoms with E-state index in [-0.39, 0.29) is 11.3 Å². The normalized spacial score (nSPS) is 14.2. The lowest BCUT2D eigenvalue weighted by Crippen LogP contribution is -2.27. The summed E-state index contributed by atoms with van der Waals surface area (Å²) in [7, 11) is 1.29. The third-order valence-electron chi connectivity index (χ3n) is 2.06. The number of ether oxygens (including phenoxy) is 1. The van der Waals surface area contributed by atoms with Crippen molar-refractivity contribution in [3.05, 3.63) is 29.6 Å². The number of hydrogen-bond acceptors (Lipinski definition) is 4. The minimum atomic E-state index is -2.03. The summed E-state index contributed by atoms with van der Waals surface area (Å²) in [5.74, 6) is -2.15. The van der Waals surface area contributed by atoms with Crippen molar-refractivity contribution in [1.29, 1.82) is 0 Å². The molecule has 6 heteroatoms. The van der Waals surface area contributed by atoms with E-state index in [1.54, 1.807) is 0 Å². The molecule has 0 heterocycles. The van der Waals surface area contributed by atoms with Gasteiger partial charge in [-0.25, -0.2) is 9.18 Å². The Morgan fingerprint density at radius 2 is 2.06 bits per heavy atom. The summed E-state index contributed by atoms with van der Waals surface area (Å²) in [5.41, 5.74) is -0.114. The van der Waals surface area contributed by atoms with Gasteiger partial charge < -0.3 is 20.1 Å². The molecule has 1 rings (SSSR count). The van der Waals surface area contributed by atoms with Crippen LogP contribution in [-0.4, -0.2) is 34.5 Å². The van der Waals surface area contributed by atoms with Crippen molar-refractivity contribution in [1.82, 2.24) is 0 Å². The van der Waals surface area contributed by atoms with Crippen LogP contribution in [0.1, 0.15) is 11.7 Å². The van der Waals surface area contributed by atoms with E-state index in [4.69, 9.17) is 14.9 Å². The number of hydrogen-bond donors (Lipinski definition) is 3. The van der Waals surface area contributed by atoms with Crippen molar-refractivity contribution in [3.63, 3.8) is 0 Å². The van der Waals surface area contributed by atoms with Crippen molar-refractivity contribution in [2.45, 2.75) is 12.2 Å². The van der Waals surface area contributed by atoms with Gasteiger partial charge in [0.15, 0.2) is 6.10 Å². The first-order chi connectivity index (χ1) is 7.47. The number of benzene rings is 1. The van der Waals surface area contributed by atoms with Gasteiger partial charge in [0.1, 0.15) is 17.7 Å². The lowest BCUT2D eigenvalue weighted by atomic mass is 10.0. The molecule has 0 fully saturated rings. The Kier molecular flexibility index (Phi) is 3.81. The maximum atomic E-state index is 12.9. The number of halogens is 1. The molecule has 0 amide bonds. The molecule has 5 nitrogen and oxygen atoms in total. The van der Waals surface area contributed by atoms with E-state index in [1.165, 1.54) is 13.2 Å².